The van der Waals surface area contributed by atoms with Crippen molar-refractivity contribution in [2.45, 2.75) is 103 Å². The normalized spacial score (nSPS) is 12.7. The molecule has 1 rings (SSSR count). The summed E-state index contributed by atoms with van der Waals surface area (Å²) in [6, 6.07) is 3.17. The number of urea groups is 1. The number of ether oxygens (including phenoxy) is 2. The average molecular weight is 609 g/mol. The van der Waals surface area contributed by atoms with Gasteiger partial charge < -0.3 is 41.0 Å². The van der Waals surface area contributed by atoms with Crippen LogP contribution in [0.25, 0.3) is 0 Å². The lowest BCUT2D eigenvalue weighted by Gasteiger charge is -2.25. The SMILES string of the molecule is CC(C)(C)OC(=O)NCc1ccc(C(=O)NCCCC[C@H](NC(=O)N[C@@H](CCC(=O)O)C(=O)O)C(=O)OC(C)(C)C)cc1. The van der Waals surface area contributed by atoms with Crippen LogP contribution < -0.4 is 21.3 Å². The van der Waals surface area contributed by atoms with Crippen molar-refractivity contribution < 1.29 is 48.5 Å². The quantitative estimate of drug-likeness (QED) is 0.127. The first-order chi connectivity index (χ1) is 19.9. The first-order valence-electron chi connectivity index (χ1n) is 13.9. The molecule has 0 unspecified atom stereocenters. The number of aliphatic carboxylic acids is 2. The minimum absolute atomic E-state index is 0.143. The zero-order valence-electron chi connectivity index (χ0n) is 25.6. The summed E-state index contributed by atoms with van der Waals surface area (Å²) in [4.78, 5) is 71.6. The molecular formula is C29H44N4O10. The number of nitrogens with one attached hydrogen (secondary N) is 4. The fourth-order valence-corrected chi connectivity index (χ4v) is 3.55. The molecule has 0 aliphatic heterocycles. The fraction of sp³-hybridized carbons (Fsp3) is 0.586. The number of benzene rings is 1. The average Bonchev–Trinajstić information content (AvgIpc) is 2.86. The number of amides is 4. The number of esters is 1. The van der Waals surface area contributed by atoms with Crippen molar-refractivity contribution in [2.24, 2.45) is 0 Å². The molecule has 0 heterocycles. The Morgan fingerprint density at radius 3 is 1.88 bits per heavy atom. The third kappa shape index (κ3) is 16.6. The Morgan fingerprint density at radius 2 is 1.35 bits per heavy atom. The number of hydrogen-bond acceptors (Lipinski definition) is 8. The molecule has 0 spiro atoms. The van der Waals surface area contributed by atoms with Crippen LogP contribution in [0.2, 0.25) is 0 Å². The van der Waals surface area contributed by atoms with Gasteiger partial charge in [-0.3, -0.25) is 9.59 Å². The Morgan fingerprint density at radius 1 is 0.767 bits per heavy atom. The van der Waals surface area contributed by atoms with E-state index in [1.807, 2.05) is 0 Å². The van der Waals surface area contributed by atoms with Gasteiger partial charge in [0.25, 0.3) is 5.91 Å². The molecule has 0 saturated heterocycles. The van der Waals surface area contributed by atoms with E-state index < -0.39 is 59.7 Å². The molecule has 6 N–H and O–H groups in total. The minimum atomic E-state index is -1.46. The van der Waals surface area contributed by atoms with E-state index in [-0.39, 0.29) is 31.8 Å². The molecule has 0 aliphatic rings. The van der Waals surface area contributed by atoms with E-state index in [2.05, 4.69) is 21.3 Å². The largest absolute Gasteiger partial charge is 0.481 e. The molecule has 0 saturated carbocycles. The van der Waals surface area contributed by atoms with Crippen molar-refractivity contribution in [3.05, 3.63) is 35.4 Å². The number of carbonyl (C=O) groups is 6. The van der Waals surface area contributed by atoms with Crippen LogP contribution in [0.15, 0.2) is 24.3 Å². The zero-order valence-corrected chi connectivity index (χ0v) is 25.6. The highest BCUT2D eigenvalue weighted by Crippen LogP contribution is 2.12. The van der Waals surface area contributed by atoms with Crippen molar-refractivity contribution in [3.63, 3.8) is 0 Å². The topological polar surface area (TPSA) is 209 Å². The van der Waals surface area contributed by atoms with Gasteiger partial charge in [0, 0.05) is 25.1 Å². The van der Waals surface area contributed by atoms with Gasteiger partial charge in [-0.1, -0.05) is 12.1 Å². The molecule has 0 aliphatic carbocycles. The second kappa shape index (κ2) is 16.9. The highest BCUT2D eigenvalue weighted by molar-refractivity contribution is 5.94. The number of carboxylic acid groups (broad SMARTS) is 2. The van der Waals surface area contributed by atoms with Gasteiger partial charge in [-0.15, -0.1) is 0 Å². The third-order valence-corrected chi connectivity index (χ3v) is 5.50. The van der Waals surface area contributed by atoms with Crippen LogP contribution >= 0.6 is 0 Å². The second-order valence-corrected chi connectivity index (χ2v) is 11.8. The molecule has 4 amide bonds. The van der Waals surface area contributed by atoms with Crippen LogP contribution in [0, 0.1) is 0 Å². The summed E-state index contributed by atoms with van der Waals surface area (Å²) >= 11 is 0. The first kappa shape index (κ1) is 36.7. The number of hydrogen-bond donors (Lipinski definition) is 6. The molecule has 240 valence electrons. The Balaban J connectivity index is 2.61. The van der Waals surface area contributed by atoms with E-state index in [1.165, 1.54) is 0 Å². The Bertz CT molecular complexity index is 1120. The first-order valence-corrected chi connectivity index (χ1v) is 13.9. The molecule has 0 aromatic heterocycles. The van der Waals surface area contributed by atoms with Gasteiger partial charge in [-0.2, -0.15) is 0 Å². The maximum absolute atomic E-state index is 12.7. The monoisotopic (exact) mass is 608 g/mol. The lowest BCUT2D eigenvalue weighted by molar-refractivity contribution is -0.157. The molecule has 0 radical (unpaired) electrons. The van der Waals surface area contributed by atoms with Gasteiger partial charge in [0.2, 0.25) is 0 Å². The van der Waals surface area contributed by atoms with Gasteiger partial charge in [0.15, 0.2) is 0 Å². The number of carboxylic acids is 2. The van der Waals surface area contributed by atoms with Crippen LogP contribution in [0.1, 0.15) is 89.6 Å². The third-order valence-electron chi connectivity index (χ3n) is 5.50. The molecule has 1 aromatic carbocycles. The van der Waals surface area contributed by atoms with E-state index in [9.17, 15) is 33.9 Å². The van der Waals surface area contributed by atoms with Crippen molar-refractivity contribution in [1.29, 1.82) is 0 Å². The Labute approximate surface area is 251 Å². The van der Waals surface area contributed by atoms with E-state index >= 15 is 0 Å². The van der Waals surface area contributed by atoms with Crippen LogP contribution in [-0.2, 0) is 30.4 Å². The summed E-state index contributed by atoms with van der Waals surface area (Å²) in [5.41, 5.74) is -0.247. The molecule has 14 heteroatoms. The second-order valence-electron chi connectivity index (χ2n) is 11.8. The van der Waals surface area contributed by atoms with Crippen molar-refractivity contribution in [1.82, 2.24) is 21.3 Å². The van der Waals surface area contributed by atoms with E-state index in [0.29, 0.717) is 18.4 Å². The molecule has 0 bridgehead atoms. The summed E-state index contributed by atoms with van der Waals surface area (Å²) in [5, 5.41) is 28.1. The van der Waals surface area contributed by atoms with Crippen molar-refractivity contribution in [2.75, 3.05) is 6.54 Å². The fourth-order valence-electron chi connectivity index (χ4n) is 3.55. The predicted octanol–water partition coefficient (Wildman–Crippen LogP) is 2.94. The van der Waals surface area contributed by atoms with Crippen LogP contribution in [-0.4, -0.2) is 76.0 Å². The molecule has 14 nitrogen and oxygen atoms in total. The summed E-state index contributed by atoms with van der Waals surface area (Å²) in [7, 11) is 0. The summed E-state index contributed by atoms with van der Waals surface area (Å²) in [6.45, 7) is 10.8. The lowest BCUT2D eigenvalue weighted by Crippen LogP contribution is -2.52. The van der Waals surface area contributed by atoms with E-state index in [1.54, 1.807) is 65.8 Å². The molecule has 1 aromatic rings. The smallest absolute Gasteiger partial charge is 0.407 e. The molecule has 2 atom stereocenters. The summed E-state index contributed by atoms with van der Waals surface area (Å²) < 4.78 is 10.6. The van der Waals surface area contributed by atoms with Gasteiger partial charge in [-0.25, -0.2) is 19.2 Å². The van der Waals surface area contributed by atoms with Crippen LogP contribution in [0.3, 0.4) is 0 Å². The number of unbranched alkanes of at least 4 members (excludes halogenated alkanes) is 1. The highest BCUT2D eigenvalue weighted by atomic mass is 16.6. The lowest BCUT2D eigenvalue weighted by atomic mass is 10.1. The number of rotatable bonds is 15. The minimum Gasteiger partial charge on any atom is -0.481 e. The number of carbonyl (C=O) groups excluding carboxylic acids is 4. The van der Waals surface area contributed by atoms with Gasteiger partial charge in [0.1, 0.15) is 23.3 Å². The van der Waals surface area contributed by atoms with Crippen molar-refractivity contribution >= 4 is 35.9 Å². The molecule has 0 fully saturated rings. The zero-order chi connectivity index (χ0) is 32.8. The standard InChI is InChI=1S/C29H44N4O10/c1-28(2,3)42-25(39)21(33-26(40)32-20(24(37)38)14-15-22(34)35)9-7-8-16-30-23(36)19-12-10-18(11-13-19)17-31-27(41)43-29(4,5)6/h10-13,20-21H,7-9,14-17H2,1-6H3,(H,30,36)(H,31,41)(H,34,35)(H,37,38)(H2,32,33,40)/t20-,21-/m0/s1. The van der Waals surface area contributed by atoms with Crippen LogP contribution in [0.5, 0.6) is 0 Å². The molecule has 43 heavy (non-hydrogen) atoms. The predicted molar refractivity (Wildman–Crippen MR) is 155 cm³/mol. The Hall–Kier alpha value is -4.36. The maximum atomic E-state index is 12.7. The number of alkyl carbamates (subject to hydrolysis) is 1. The summed E-state index contributed by atoms with van der Waals surface area (Å²) in [5.74, 6) is -3.65. The van der Waals surface area contributed by atoms with Gasteiger partial charge in [-0.05, 0) is 84.9 Å². The van der Waals surface area contributed by atoms with E-state index in [4.69, 9.17) is 14.6 Å². The Kier molecular flexibility index (Phi) is 14.4. The van der Waals surface area contributed by atoms with Gasteiger partial charge in [0.05, 0.1) is 0 Å². The van der Waals surface area contributed by atoms with Crippen molar-refractivity contribution in [3.8, 4) is 0 Å². The maximum Gasteiger partial charge on any atom is 0.407 e. The molecular weight excluding hydrogens is 564 g/mol. The summed E-state index contributed by atoms with van der Waals surface area (Å²) in [6.07, 6.45) is -0.331. The highest BCUT2D eigenvalue weighted by Gasteiger charge is 2.28. The van der Waals surface area contributed by atoms with Gasteiger partial charge >= 0.3 is 30.0 Å². The van der Waals surface area contributed by atoms with E-state index in [0.717, 1.165) is 5.56 Å². The van der Waals surface area contributed by atoms with Crippen LogP contribution in [0.4, 0.5) is 9.59 Å².